The molecule has 22 heteroatoms. The molecular weight excluding hydrogens is 660 g/mol. The van der Waals surface area contributed by atoms with E-state index in [1.54, 1.807) is 0 Å². The monoisotopic (exact) mass is 690 g/mol. The van der Waals surface area contributed by atoms with E-state index in [0.717, 1.165) is 19.9 Å². The Hall–Kier alpha value is -6.09. The van der Waals surface area contributed by atoms with E-state index < -0.39 is 90.1 Å². The molecule has 0 heterocycles. The second-order valence-electron chi connectivity index (χ2n) is 8.93. The summed E-state index contributed by atoms with van der Waals surface area (Å²) in [6, 6.07) is 5.05. The first-order valence-corrected chi connectivity index (χ1v) is 13.5. The van der Waals surface area contributed by atoms with Gasteiger partial charge in [-0.05, 0) is 45.7 Å². The van der Waals surface area contributed by atoms with E-state index in [9.17, 15) is 53.8 Å². The van der Waals surface area contributed by atoms with Gasteiger partial charge in [-0.15, -0.1) is 20.2 Å². The van der Waals surface area contributed by atoms with Crippen LogP contribution in [0.4, 0.5) is 0 Å². The second-order valence-corrected chi connectivity index (χ2v) is 8.93. The minimum atomic E-state index is -1.60. The summed E-state index contributed by atoms with van der Waals surface area (Å²) < 4.78 is 33.6. The van der Waals surface area contributed by atoms with Crippen molar-refractivity contribution >= 4 is 41.8 Å². The maximum absolute atomic E-state index is 12.5. The maximum Gasteiger partial charge on any atom is 0.349 e. The molecule has 1 aromatic carbocycles. The Balaban J connectivity index is 2.49. The number of carbonyl (C=O) groups is 7. The molecule has 3 unspecified atom stereocenters. The highest BCUT2D eigenvalue weighted by atomic mass is 17.0. The van der Waals surface area contributed by atoms with Gasteiger partial charge >= 0.3 is 41.8 Å². The Morgan fingerprint density at radius 3 is 1.79 bits per heavy atom. The van der Waals surface area contributed by atoms with E-state index in [4.69, 9.17) is 28.4 Å². The van der Waals surface area contributed by atoms with Crippen LogP contribution >= 0.6 is 0 Å². The highest BCUT2D eigenvalue weighted by Gasteiger charge is 2.29. The van der Waals surface area contributed by atoms with Crippen molar-refractivity contribution in [1.29, 1.82) is 0 Å². The Bertz CT molecular complexity index is 1350. The third-order valence-electron chi connectivity index (χ3n) is 5.16. The number of carbonyl (C=O) groups excluding carboxylic acids is 7. The summed E-state index contributed by atoms with van der Waals surface area (Å²) in [5.74, 6) is -8.45. The molecule has 0 aromatic heterocycles. The smallest absolute Gasteiger partial charge is 0.349 e. The van der Waals surface area contributed by atoms with Crippen molar-refractivity contribution < 1.29 is 86.6 Å². The van der Waals surface area contributed by atoms with Crippen molar-refractivity contribution in [2.45, 2.75) is 51.9 Å². The topological polar surface area (TPSA) is 289 Å². The van der Waals surface area contributed by atoms with Crippen molar-refractivity contribution in [3.05, 3.63) is 50.1 Å². The summed E-state index contributed by atoms with van der Waals surface area (Å²) in [6.45, 7) is -0.0116. The molecule has 0 aliphatic heterocycles. The Morgan fingerprint density at radius 1 is 0.625 bits per heavy atom. The molecule has 0 N–H and O–H groups in total. The molecule has 3 atom stereocenters. The molecule has 0 aliphatic rings. The molecule has 1 rings (SSSR count). The van der Waals surface area contributed by atoms with E-state index in [-0.39, 0.29) is 37.4 Å². The maximum atomic E-state index is 12.5. The lowest BCUT2D eigenvalue weighted by Crippen LogP contribution is -2.36. The lowest BCUT2D eigenvalue weighted by atomic mass is 10.2. The van der Waals surface area contributed by atoms with Crippen molar-refractivity contribution in [1.82, 2.24) is 0 Å². The quantitative estimate of drug-likeness (QED) is 0.0404. The van der Waals surface area contributed by atoms with Crippen LogP contribution in [0.5, 0.6) is 5.75 Å². The SMILES string of the molecule is CC(OC(=O)COC(=O)c1ccccc1OC(=O)COC(=O)CO[N+](=O)[O-])C(=O)OC(C)C(=O)OC(C)C(=O)OCCCCO[N+](=O)[O-]. The van der Waals surface area contributed by atoms with Crippen LogP contribution in [0.15, 0.2) is 24.3 Å². The van der Waals surface area contributed by atoms with Gasteiger partial charge in [0.2, 0.25) is 0 Å². The van der Waals surface area contributed by atoms with Gasteiger partial charge in [0.1, 0.15) is 11.3 Å². The summed E-state index contributed by atoms with van der Waals surface area (Å²) in [6.07, 6.45) is -4.08. The van der Waals surface area contributed by atoms with Crippen molar-refractivity contribution in [2.24, 2.45) is 0 Å². The van der Waals surface area contributed by atoms with Gasteiger partial charge in [-0.2, -0.15) is 0 Å². The normalized spacial score (nSPS) is 12.1. The van der Waals surface area contributed by atoms with Crippen LogP contribution in [0.1, 0.15) is 44.0 Å². The standard InChI is InChI=1S/C26H30N2O20/c1-15(23(32)40-10-6-7-11-43-27(36)37)46-25(34)17(3)47-24(33)16(2)45-21(30)13-42-26(35)18-8-4-5-9-19(18)48-22(31)12-41-20(29)14-44-28(38)39/h4-5,8-9,15-17H,6-7,10-14H2,1-3H3. The van der Waals surface area contributed by atoms with Gasteiger partial charge in [0.05, 0.1) is 13.2 Å². The van der Waals surface area contributed by atoms with Gasteiger partial charge in [-0.3, -0.25) is 0 Å². The highest BCUT2D eigenvalue weighted by molar-refractivity contribution is 5.94. The Morgan fingerprint density at radius 2 is 1.17 bits per heavy atom. The predicted octanol–water partition coefficient (Wildman–Crippen LogP) is -0.173. The number of hydrogen-bond acceptors (Lipinski definition) is 20. The number of rotatable bonds is 21. The molecule has 0 saturated carbocycles. The first kappa shape index (κ1) is 39.9. The number of benzene rings is 1. The number of nitrogens with zero attached hydrogens (tertiary/aromatic N) is 2. The first-order valence-electron chi connectivity index (χ1n) is 13.5. The van der Waals surface area contributed by atoms with Gasteiger partial charge in [0.25, 0.3) is 10.2 Å². The van der Waals surface area contributed by atoms with Gasteiger partial charge in [-0.1, -0.05) is 12.1 Å². The zero-order valence-electron chi connectivity index (χ0n) is 25.6. The summed E-state index contributed by atoms with van der Waals surface area (Å²) in [7, 11) is 0. The molecule has 0 bridgehead atoms. The van der Waals surface area contributed by atoms with E-state index in [0.29, 0.717) is 0 Å². The lowest BCUT2D eigenvalue weighted by Gasteiger charge is -2.18. The summed E-state index contributed by atoms with van der Waals surface area (Å²) in [5, 5.41) is 17.9. The number of ether oxygens (including phenoxy) is 7. The van der Waals surface area contributed by atoms with Crippen LogP contribution in [0.3, 0.4) is 0 Å². The number of hydrogen-bond donors (Lipinski definition) is 0. The van der Waals surface area contributed by atoms with Crippen LogP contribution in [0.2, 0.25) is 0 Å². The van der Waals surface area contributed by atoms with Gasteiger partial charge in [0, 0.05) is 0 Å². The van der Waals surface area contributed by atoms with Gasteiger partial charge in [-0.25, -0.2) is 33.6 Å². The third kappa shape index (κ3) is 16.3. The van der Waals surface area contributed by atoms with Crippen molar-refractivity contribution in [2.75, 3.05) is 33.0 Å². The molecule has 22 nitrogen and oxygen atoms in total. The Labute approximate surface area is 269 Å². The van der Waals surface area contributed by atoms with E-state index >= 15 is 0 Å². The molecule has 0 saturated heterocycles. The third-order valence-corrected chi connectivity index (χ3v) is 5.16. The van der Waals surface area contributed by atoms with Crippen LogP contribution in [0.25, 0.3) is 0 Å². The minimum absolute atomic E-state index is 0.129. The molecule has 0 aliphatic carbocycles. The Kier molecular flexibility index (Phi) is 17.3. The van der Waals surface area contributed by atoms with Gasteiger partial charge < -0.3 is 42.8 Å². The molecule has 1 aromatic rings. The van der Waals surface area contributed by atoms with Crippen molar-refractivity contribution in [3.63, 3.8) is 0 Å². The van der Waals surface area contributed by atoms with Crippen LogP contribution in [-0.2, 0) is 66.9 Å². The number of unbranched alkanes of at least 4 members (excludes halogenated alkanes) is 1. The zero-order valence-corrected chi connectivity index (χ0v) is 25.6. The second kappa shape index (κ2) is 20.8. The number of esters is 7. The first-order chi connectivity index (χ1) is 22.6. The fraction of sp³-hybridized carbons (Fsp3) is 0.500. The molecule has 0 fully saturated rings. The fourth-order valence-electron chi connectivity index (χ4n) is 2.91. The van der Waals surface area contributed by atoms with Crippen LogP contribution in [-0.4, -0.2) is 103 Å². The van der Waals surface area contributed by atoms with Gasteiger partial charge in [0.15, 0.2) is 38.1 Å². The summed E-state index contributed by atoms with van der Waals surface area (Å²) in [5.41, 5.74) is -0.346. The molecule has 48 heavy (non-hydrogen) atoms. The van der Waals surface area contributed by atoms with E-state index in [2.05, 4.69) is 14.4 Å². The molecule has 0 amide bonds. The lowest BCUT2D eigenvalue weighted by molar-refractivity contribution is -0.757. The molecule has 0 radical (unpaired) electrons. The fourth-order valence-corrected chi connectivity index (χ4v) is 2.91. The minimum Gasteiger partial charge on any atom is -0.463 e. The predicted molar refractivity (Wildman–Crippen MR) is 146 cm³/mol. The highest BCUT2D eigenvalue weighted by Crippen LogP contribution is 2.19. The zero-order chi connectivity index (χ0) is 36.2. The number of para-hydroxylation sites is 1. The molecule has 0 spiro atoms. The summed E-state index contributed by atoms with van der Waals surface area (Å²) >= 11 is 0. The molecular formula is C26H30N2O20. The summed E-state index contributed by atoms with van der Waals surface area (Å²) in [4.78, 5) is 112. The van der Waals surface area contributed by atoms with Crippen molar-refractivity contribution in [3.8, 4) is 5.75 Å². The van der Waals surface area contributed by atoms with Crippen LogP contribution in [0, 0.1) is 20.2 Å². The van der Waals surface area contributed by atoms with Crippen LogP contribution < -0.4 is 4.74 Å². The average molecular weight is 691 g/mol. The molecule has 264 valence electrons. The van der Waals surface area contributed by atoms with E-state index in [1.807, 2.05) is 0 Å². The average Bonchev–Trinajstić information content (AvgIpc) is 3.02. The van der Waals surface area contributed by atoms with E-state index in [1.165, 1.54) is 25.1 Å². The largest absolute Gasteiger partial charge is 0.463 e.